The van der Waals surface area contributed by atoms with Crippen LogP contribution in [0.25, 0.3) is 10.8 Å². The zero-order valence-corrected chi connectivity index (χ0v) is 13.0. The lowest BCUT2D eigenvalue weighted by atomic mass is 10.1. The average Bonchev–Trinajstić information content (AvgIpc) is 2.95. The number of amides is 1. The number of aryl methyl sites for hydroxylation is 2. The second-order valence-electron chi connectivity index (χ2n) is 5.28. The fourth-order valence-electron chi connectivity index (χ4n) is 2.44. The number of aromatic nitrogens is 4. The molecule has 3 aromatic rings. The van der Waals surface area contributed by atoms with E-state index in [4.69, 9.17) is 0 Å². The predicted octanol–water partition coefficient (Wildman–Crippen LogP) is 1.79. The molecule has 7 nitrogen and oxygen atoms in total. The van der Waals surface area contributed by atoms with Crippen LogP contribution in [0.15, 0.2) is 41.5 Å². The predicted molar refractivity (Wildman–Crippen MR) is 87.5 cm³/mol. The minimum atomic E-state index is -0.362. The molecule has 0 saturated heterocycles. The molecular weight excluding hydrogens is 294 g/mol. The molecular formula is C16H17N5O2. The van der Waals surface area contributed by atoms with E-state index in [-0.39, 0.29) is 17.2 Å². The van der Waals surface area contributed by atoms with Crippen LogP contribution >= 0.6 is 0 Å². The molecule has 1 amide bonds. The van der Waals surface area contributed by atoms with Crippen molar-refractivity contribution in [1.29, 1.82) is 0 Å². The van der Waals surface area contributed by atoms with Crippen LogP contribution in [0.4, 0.5) is 5.69 Å². The van der Waals surface area contributed by atoms with Crippen molar-refractivity contribution in [2.45, 2.75) is 19.9 Å². The molecule has 2 aromatic heterocycles. The molecule has 1 N–H and O–H groups in total. The van der Waals surface area contributed by atoms with Crippen LogP contribution in [-0.2, 0) is 13.6 Å². The molecule has 0 saturated carbocycles. The van der Waals surface area contributed by atoms with E-state index in [2.05, 4.69) is 15.5 Å². The second-order valence-corrected chi connectivity index (χ2v) is 5.28. The minimum absolute atomic E-state index is 0.180. The molecule has 2 heterocycles. The summed E-state index contributed by atoms with van der Waals surface area (Å²) >= 11 is 0. The van der Waals surface area contributed by atoms with E-state index < -0.39 is 0 Å². The first kappa shape index (κ1) is 15.0. The van der Waals surface area contributed by atoms with Gasteiger partial charge < -0.3 is 5.32 Å². The summed E-state index contributed by atoms with van der Waals surface area (Å²) in [5, 5.41) is 12.1. The lowest BCUT2D eigenvalue weighted by Gasteiger charge is -2.10. The average molecular weight is 311 g/mol. The Bertz CT molecular complexity index is 926. The monoisotopic (exact) mass is 311 g/mol. The number of fused-ring (bicyclic) bond motifs is 1. The first-order chi connectivity index (χ1) is 11.1. The van der Waals surface area contributed by atoms with Gasteiger partial charge in [0.1, 0.15) is 0 Å². The number of anilines is 1. The Morgan fingerprint density at radius 2 is 2.00 bits per heavy atom. The standard InChI is InChI=1S/C16H17N5O2/c1-3-8-21-16(23)13-7-5-4-6-12(13)14(19-21)15(22)18-11-9-17-20(2)10-11/h4-7,9-10H,3,8H2,1-2H3,(H,18,22). The van der Waals surface area contributed by atoms with Gasteiger partial charge in [0.15, 0.2) is 5.69 Å². The molecule has 23 heavy (non-hydrogen) atoms. The van der Waals surface area contributed by atoms with E-state index in [1.165, 1.54) is 4.68 Å². The Kier molecular flexibility index (Phi) is 3.92. The molecule has 0 atom stereocenters. The van der Waals surface area contributed by atoms with Gasteiger partial charge in [0.25, 0.3) is 11.5 Å². The highest BCUT2D eigenvalue weighted by Gasteiger charge is 2.17. The van der Waals surface area contributed by atoms with Crippen molar-refractivity contribution < 1.29 is 4.79 Å². The fraction of sp³-hybridized carbons (Fsp3) is 0.250. The maximum Gasteiger partial charge on any atom is 0.276 e. The van der Waals surface area contributed by atoms with E-state index in [0.717, 1.165) is 6.42 Å². The number of nitrogens with one attached hydrogen (secondary N) is 1. The van der Waals surface area contributed by atoms with Gasteiger partial charge in [0.2, 0.25) is 0 Å². The van der Waals surface area contributed by atoms with Gasteiger partial charge in [-0.05, 0) is 12.5 Å². The molecule has 7 heteroatoms. The Balaban J connectivity index is 2.10. The fourth-order valence-corrected chi connectivity index (χ4v) is 2.44. The van der Waals surface area contributed by atoms with Crippen molar-refractivity contribution in [3.8, 4) is 0 Å². The summed E-state index contributed by atoms with van der Waals surface area (Å²) in [5.74, 6) is -0.362. The third-order valence-corrected chi connectivity index (χ3v) is 3.48. The van der Waals surface area contributed by atoms with Gasteiger partial charge in [-0.2, -0.15) is 10.2 Å². The van der Waals surface area contributed by atoms with Gasteiger partial charge in [0.05, 0.1) is 17.3 Å². The lowest BCUT2D eigenvalue weighted by molar-refractivity contribution is 0.102. The van der Waals surface area contributed by atoms with Crippen molar-refractivity contribution >= 4 is 22.4 Å². The maximum atomic E-state index is 12.6. The number of carbonyl (C=O) groups excluding carboxylic acids is 1. The summed E-state index contributed by atoms with van der Waals surface area (Å²) in [4.78, 5) is 25.0. The van der Waals surface area contributed by atoms with Crippen molar-refractivity contribution in [3.05, 3.63) is 52.7 Å². The third kappa shape index (κ3) is 2.85. The summed E-state index contributed by atoms with van der Waals surface area (Å²) in [6.45, 7) is 2.43. The van der Waals surface area contributed by atoms with E-state index >= 15 is 0 Å². The molecule has 3 rings (SSSR count). The minimum Gasteiger partial charge on any atom is -0.318 e. The van der Waals surface area contributed by atoms with Crippen molar-refractivity contribution in [3.63, 3.8) is 0 Å². The number of nitrogens with zero attached hydrogens (tertiary/aromatic N) is 4. The zero-order valence-electron chi connectivity index (χ0n) is 13.0. The molecule has 0 unspecified atom stereocenters. The Morgan fingerprint density at radius 3 is 2.65 bits per heavy atom. The molecule has 1 aromatic carbocycles. The van der Waals surface area contributed by atoms with Crippen LogP contribution in [0.5, 0.6) is 0 Å². The van der Waals surface area contributed by atoms with Gasteiger partial charge >= 0.3 is 0 Å². The Hall–Kier alpha value is -2.96. The number of hydrogen-bond acceptors (Lipinski definition) is 4. The van der Waals surface area contributed by atoms with Crippen LogP contribution in [0, 0.1) is 0 Å². The molecule has 0 spiro atoms. The molecule has 0 aliphatic carbocycles. The van der Waals surface area contributed by atoms with Gasteiger partial charge in [-0.25, -0.2) is 4.68 Å². The summed E-state index contributed by atoms with van der Waals surface area (Å²) in [5.41, 5.74) is 0.634. The number of rotatable bonds is 4. The first-order valence-electron chi connectivity index (χ1n) is 7.40. The Morgan fingerprint density at radius 1 is 1.26 bits per heavy atom. The molecule has 0 fully saturated rings. The van der Waals surface area contributed by atoms with Crippen LogP contribution < -0.4 is 10.9 Å². The third-order valence-electron chi connectivity index (χ3n) is 3.48. The summed E-state index contributed by atoms with van der Waals surface area (Å²) in [6.07, 6.45) is 4.01. The number of carbonyl (C=O) groups is 1. The summed E-state index contributed by atoms with van der Waals surface area (Å²) in [7, 11) is 1.77. The summed E-state index contributed by atoms with van der Waals surface area (Å²) < 4.78 is 2.94. The van der Waals surface area contributed by atoms with E-state index in [1.54, 1.807) is 48.4 Å². The van der Waals surface area contributed by atoms with Crippen LogP contribution in [-0.4, -0.2) is 25.5 Å². The lowest BCUT2D eigenvalue weighted by Crippen LogP contribution is -2.27. The molecule has 0 bridgehead atoms. The topological polar surface area (TPSA) is 81.8 Å². The first-order valence-corrected chi connectivity index (χ1v) is 7.40. The van der Waals surface area contributed by atoms with Crippen molar-refractivity contribution in [2.75, 3.05) is 5.32 Å². The van der Waals surface area contributed by atoms with Gasteiger partial charge in [-0.15, -0.1) is 0 Å². The quantitative estimate of drug-likeness (QED) is 0.796. The molecule has 118 valence electrons. The van der Waals surface area contributed by atoms with Crippen LogP contribution in [0.3, 0.4) is 0 Å². The highest BCUT2D eigenvalue weighted by atomic mass is 16.2. The van der Waals surface area contributed by atoms with Crippen LogP contribution in [0.1, 0.15) is 23.8 Å². The largest absolute Gasteiger partial charge is 0.318 e. The van der Waals surface area contributed by atoms with Gasteiger partial charge in [-0.1, -0.05) is 25.1 Å². The second kappa shape index (κ2) is 6.04. The van der Waals surface area contributed by atoms with Crippen molar-refractivity contribution in [1.82, 2.24) is 19.6 Å². The smallest absolute Gasteiger partial charge is 0.276 e. The van der Waals surface area contributed by atoms with E-state index in [9.17, 15) is 9.59 Å². The molecule has 0 radical (unpaired) electrons. The van der Waals surface area contributed by atoms with Gasteiger partial charge in [0, 0.05) is 25.2 Å². The van der Waals surface area contributed by atoms with E-state index in [0.29, 0.717) is 23.0 Å². The summed E-state index contributed by atoms with van der Waals surface area (Å²) in [6, 6.07) is 7.02. The Labute approximate surface area is 132 Å². The number of hydrogen-bond donors (Lipinski definition) is 1. The highest BCUT2D eigenvalue weighted by molar-refractivity contribution is 6.10. The highest BCUT2D eigenvalue weighted by Crippen LogP contribution is 2.15. The van der Waals surface area contributed by atoms with Gasteiger partial charge in [-0.3, -0.25) is 14.3 Å². The van der Waals surface area contributed by atoms with Crippen molar-refractivity contribution in [2.24, 2.45) is 7.05 Å². The SMILES string of the molecule is CCCn1nc(C(=O)Nc2cnn(C)c2)c2ccccc2c1=O. The molecule has 0 aliphatic heterocycles. The normalized spacial score (nSPS) is 10.9. The van der Waals surface area contributed by atoms with Crippen LogP contribution in [0.2, 0.25) is 0 Å². The maximum absolute atomic E-state index is 12.6. The zero-order chi connectivity index (χ0) is 16.4. The molecule has 0 aliphatic rings. The number of benzene rings is 1. The van der Waals surface area contributed by atoms with E-state index in [1.807, 2.05) is 6.92 Å².